The molecule has 0 spiro atoms. The zero-order valence-corrected chi connectivity index (χ0v) is 11.7. The van der Waals surface area contributed by atoms with E-state index in [0.29, 0.717) is 5.69 Å². The predicted octanol–water partition coefficient (Wildman–Crippen LogP) is 2.77. The van der Waals surface area contributed by atoms with Gasteiger partial charge in [-0.25, -0.2) is 12.8 Å². The number of anilines is 1. The average molecular weight is 316 g/mol. The van der Waals surface area contributed by atoms with Crippen molar-refractivity contribution in [3.05, 3.63) is 58.9 Å². The van der Waals surface area contributed by atoms with Gasteiger partial charge in [0.25, 0.3) is 10.0 Å². The Morgan fingerprint density at radius 3 is 2.45 bits per heavy atom. The first kappa shape index (κ1) is 14.8. The van der Waals surface area contributed by atoms with Crippen molar-refractivity contribution in [3.8, 4) is 0 Å². The third-order valence-electron chi connectivity index (χ3n) is 2.58. The second-order valence-electron chi connectivity index (χ2n) is 4.01. The van der Waals surface area contributed by atoms with Gasteiger partial charge in [-0.1, -0.05) is 29.8 Å². The maximum atomic E-state index is 13.6. The summed E-state index contributed by atoms with van der Waals surface area (Å²) >= 11 is 5.63. The molecule has 2 aromatic rings. The molecule has 0 bridgehead atoms. The van der Waals surface area contributed by atoms with Crippen molar-refractivity contribution in [3.63, 3.8) is 0 Å². The summed E-state index contributed by atoms with van der Waals surface area (Å²) in [7, 11) is -3.94. The van der Waals surface area contributed by atoms with Crippen LogP contribution in [0.3, 0.4) is 0 Å². The van der Waals surface area contributed by atoms with Crippen LogP contribution in [0.1, 0.15) is 5.56 Å². The normalized spacial score (nSPS) is 11.3. The molecule has 0 amide bonds. The molecule has 2 rings (SSSR count). The zero-order chi connectivity index (χ0) is 14.8. The highest BCUT2D eigenvalue weighted by atomic mass is 35.5. The fraction of sp³-hybridized carbons (Fsp3) is 0.0769. The molecule has 0 saturated carbocycles. The number of aliphatic hydroxyl groups excluding tert-OH is 1. The number of para-hydroxylation sites is 1. The number of hydrogen-bond acceptors (Lipinski definition) is 3. The number of nitrogens with one attached hydrogen (secondary N) is 1. The number of hydrogen-bond donors (Lipinski definition) is 2. The van der Waals surface area contributed by atoms with Crippen LogP contribution in [0.25, 0.3) is 0 Å². The first-order chi connectivity index (χ1) is 9.44. The lowest BCUT2D eigenvalue weighted by Crippen LogP contribution is -2.13. The highest BCUT2D eigenvalue weighted by molar-refractivity contribution is 7.92. The quantitative estimate of drug-likeness (QED) is 0.911. The van der Waals surface area contributed by atoms with Crippen LogP contribution in [-0.4, -0.2) is 13.5 Å². The molecule has 0 heterocycles. The minimum atomic E-state index is -3.94. The Bertz CT molecular complexity index is 720. The summed E-state index contributed by atoms with van der Waals surface area (Å²) < 4.78 is 40.1. The van der Waals surface area contributed by atoms with Gasteiger partial charge in [0.1, 0.15) is 5.82 Å². The van der Waals surface area contributed by atoms with Gasteiger partial charge in [-0.05, 0) is 24.3 Å². The number of sulfonamides is 1. The van der Waals surface area contributed by atoms with Gasteiger partial charge in [-0.3, -0.25) is 4.72 Å². The van der Waals surface area contributed by atoms with E-state index in [0.717, 1.165) is 12.1 Å². The minimum Gasteiger partial charge on any atom is -0.392 e. The van der Waals surface area contributed by atoms with Crippen LogP contribution in [0.5, 0.6) is 0 Å². The highest BCUT2D eigenvalue weighted by Gasteiger charge is 2.18. The molecule has 0 saturated heterocycles. The topological polar surface area (TPSA) is 66.4 Å². The largest absolute Gasteiger partial charge is 0.392 e. The minimum absolute atomic E-state index is 0.0140. The van der Waals surface area contributed by atoms with E-state index >= 15 is 0 Å². The van der Waals surface area contributed by atoms with Crippen molar-refractivity contribution < 1.29 is 17.9 Å². The van der Waals surface area contributed by atoms with Crippen LogP contribution in [0.15, 0.2) is 47.4 Å². The molecule has 7 heteroatoms. The molecule has 2 N–H and O–H groups in total. The van der Waals surface area contributed by atoms with E-state index < -0.39 is 22.4 Å². The highest BCUT2D eigenvalue weighted by Crippen LogP contribution is 2.25. The first-order valence-corrected chi connectivity index (χ1v) is 7.47. The molecule has 0 aromatic heterocycles. The van der Waals surface area contributed by atoms with E-state index in [1.165, 1.54) is 0 Å². The third-order valence-corrected chi connectivity index (χ3v) is 4.37. The maximum Gasteiger partial charge on any atom is 0.262 e. The first-order valence-electron chi connectivity index (χ1n) is 5.60. The van der Waals surface area contributed by atoms with Crippen LogP contribution in [0.4, 0.5) is 10.1 Å². The molecule has 20 heavy (non-hydrogen) atoms. The number of benzene rings is 2. The summed E-state index contributed by atoms with van der Waals surface area (Å²) in [4.78, 5) is -0.299. The van der Waals surface area contributed by atoms with Gasteiger partial charge in [0.15, 0.2) is 0 Å². The molecule has 0 unspecified atom stereocenters. The molecule has 0 fully saturated rings. The van der Waals surface area contributed by atoms with E-state index in [9.17, 15) is 12.8 Å². The second-order valence-corrected chi connectivity index (χ2v) is 6.07. The Kier molecular flexibility index (Phi) is 4.27. The molecule has 0 aliphatic rings. The summed E-state index contributed by atoms with van der Waals surface area (Å²) in [6.07, 6.45) is 0. The lowest BCUT2D eigenvalue weighted by Gasteiger charge is -2.10. The third kappa shape index (κ3) is 3.09. The maximum absolute atomic E-state index is 13.6. The fourth-order valence-electron chi connectivity index (χ4n) is 1.61. The van der Waals surface area contributed by atoms with Crippen molar-refractivity contribution >= 4 is 27.3 Å². The number of rotatable bonds is 4. The Hall–Kier alpha value is -1.63. The second kappa shape index (κ2) is 5.78. The molecule has 2 aromatic carbocycles. The van der Waals surface area contributed by atoms with Crippen molar-refractivity contribution in [1.29, 1.82) is 0 Å². The molecular formula is C13H11ClFNO3S. The van der Waals surface area contributed by atoms with E-state index in [-0.39, 0.29) is 15.5 Å². The summed E-state index contributed by atoms with van der Waals surface area (Å²) in [5, 5.41) is 8.77. The Morgan fingerprint density at radius 1 is 1.20 bits per heavy atom. The van der Waals surface area contributed by atoms with Gasteiger partial charge in [-0.15, -0.1) is 0 Å². The Morgan fingerprint density at radius 2 is 1.85 bits per heavy atom. The molecule has 106 valence electrons. The van der Waals surface area contributed by atoms with E-state index in [1.54, 1.807) is 30.3 Å². The standard InChI is InChI=1S/C13H11ClFNO3S/c14-13-9(8-17)6-11(7-12(13)15)20(18,19)16-10-4-2-1-3-5-10/h1-7,16-17H,8H2. The Labute approximate surface area is 120 Å². The molecule has 0 aliphatic heterocycles. The van der Waals surface area contributed by atoms with Gasteiger partial charge in [0.05, 0.1) is 16.5 Å². The van der Waals surface area contributed by atoms with Crippen molar-refractivity contribution in [2.75, 3.05) is 4.72 Å². The summed E-state index contributed by atoms with van der Waals surface area (Å²) in [5.74, 6) is -0.897. The molecule has 0 radical (unpaired) electrons. The Balaban J connectivity index is 2.42. The summed E-state index contributed by atoms with van der Waals surface area (Å²) in [6.45, 7) is -0.551. The van der Waals surface area contributed by atoms with Crippen molar-refractivity contribution in [1.82, 2.24) is 0 Å². The van der Waals surface area contributed by atoms with E-state index in [1.807, 2.05) is 0 Å². The average Bonchev–Trinajstić information content (AvgIpc) is 2.42. The lowest BCUT2D eigenvalue weighted by molar-refractivity contribution is 0.281. The predicted molar refractivity (Wildman–Crippen MR) is 74.6 cm³/mol. The van der Waals surface area contributed by atoms with Crippen LogP contribution < -0.4 is 4.72 Å². The van der Waals surface area contributed by atoms with Gasteiger partial charge in [0.2, 0.25) is 0 Å². The number of aliphatic hydroxyl groups is 1. The van der Waals surface area contributed by atoms with Gasteiger partial charge >= 0.3 is 0 Å². The molecular weight excluding hydrogens is 305 g/mol. The van der Waals surface area contributed by atoms with Crippen LogP contribution in [-0.2, 0) is 16.6 Å². The van der Waals surface area contributed by atoms with Gasteiger partial charge in [0, 0.05) is 11.3 Å². The zero-order valence-electron chi connectivity index (χ0n) is 10.2. The fourth-order valence-corrected chi connectivity index (χ4v) is 2.90. The molecule has 4 nitrogen and oxygen atoms in total. The van der Waals surface area contributed by atoms with Gasteiger partial charge < -0.3 is 5.11 Å². The van der Waals surface area contributed by atoms with Crippen LogP contribution in [0.2, 0.25) is 5.02 Å². The monoisotopic (exact) mass is 315 g/mol. The smallest absolute Gasteiger partial charge is 0.262 e. The van der Waals surface area contributed by atoms with E-state index in [4.69, 9.17) is 16.7 Å². The van der Waals surface area contributed by atoms with Gasteiger partial charge in [-0.2, -0.15) is 0 Å². The number of halogens is 2. The van der Waals surface area contributed by atoms with Crippen LogP contribution >= 0.6 is 11.6 Å². The SMILES string of the molecule is O=S(=O)(Nc1ccccc1)c1cc(F)c(Cl)c(CO)c1. The summed E-state index contributed by atoms with van der Waals surface area (Å²) in [5.41, 5.74) is 0.369. The molecule has 0 aliphatic carbocycles. The summed E-state index contributed by atoms with van der Waals surface area (Å²) in [6, 6.07) is 10.2. The van der Waals surface area contributed by atoms with Crippen LogP contribution in [0, 0.1) is 5.82 Å². The van der Waals surface area contributed by atoms with Crippen molar-refractivity contribution in [2.45, 2.75) is 11.5 Å². The lowest BCUT2D eigenvalue weighted by atomic mass is 10.2. The van der Waals surface area contributed by atoms with Crippen molar-refractivity contribution in [2.24, 2.45) is 0 Å². The van der Waals surface area contributed by atoms with E-state index in [2.05, 4.69) is 4.72 Å². The molecule has 0 atom stereocenters.